The van der Waals surface area contributed by atoms with E-state index in [4.69, 9.17) is 4.74 Å². The topological polar surface area (TPSA) is 131 Å². The molecule has 0 atom stereocenters. The first-order chi connectivity index (χ1) is 11.4. The van der Waals surface area contributed by atoms with Gasteiger partial charge in [-0.3, -0.25) is 24.1 Å². The van der Waals surface area contributed by atoms with Crippen molar-refractivity contribution in [2.45, 2.75) is 31.2 Å². The number of imide groups is 1. The van der Waals surface area contributed by atoms with Crippen LogP contribution in [0.5, 0.6) is 0 Å². The maximum atomic E-state index is 12.3. The second-order valence-electron chi connectivity index (χ2n) is 5.62. The quantitative estimate of drug-likeness (QED) is 0.452. The average Bonchev–Trinajstić information content (AvgIpc) is 3.11. The fourth-order valence-electron chi connectivity index (χ4n) is 2.75. The Balaban J connectivity index is 1.78. The number of methoxy groups -OCH3 is 1. The lowest BCUT2D eigenvalue weighted by Gasteiger charge is -2.19. The van der Waals surface area contributed by atoms with Crippen LogP contribution in [0, 0.1) is 0 Å². The van der Waals surface area contributed by atoms with Crippen LogP contribution in [-0.2, 0) is 28.7 Å². The summed E-state index contributed by atoms with van der Waals surface area (Å²) in [6.45, 7) is -1.52. The zero-order chi connectivity index (χ0) is 17.7. The molecule has 0 radical (unpaired) electrons. The van der Waals surface area contributed by atoms with Gasteiger partial charge in [-0.1, -0.05) is 12.8 Å². The number of nitrogens with zero attached hydrogens (tertiary/aromatic N) is 1. The second kappa shape index (κ2) is 7.28. The van der Waals surface area contributed by atoms with Crippen molar-refractivity contribution in [3.05, 3.63) is 0 Å². The highest BCUT2D eigenvalue weighted by molar-refractivity contribution is 6.08. The minimum Gasteiger partial charge on any atom is -0.468 e. The third kappa shape index (κ3) is 3.81. The number of carbonyl (C=O) groups is 5. The van der Waals surface area contributed by atoms with Gasteiger partial charge in [0.15, 0.2) is 6.61 Å². The van der Waals surface area contributed by atoms with Gasteiger partial charge in [-0.15, -0.1) is 0 Å². The number of carbonyl (C=O) groups excluding carboxylic acids is 5. The van der Waals surface area contributed by atoms with E-state index in [0.29, 0.717) is 12.8 Å². The first kappa shape index (κ1) is 17.7. The summed E-state index contributed by atoms with van der Waals surface area (Å²) in [7, 11) is 1.17. The van der Waals surface area contributed by atoms with Crippen molar-refractivity contribution < 1.29 is 33.4 Å². The van der Waals surface area contributed by atoms with E-state index in [1.165, 1.54) is 7.11 Å². The average molecular weight is 341 g/mol. The van der Waals surface area contributed by atoms with Crippen LogP contribution in [0.2, 0.25) is 0 Å². The van der Waals surface area contributed by atoms with Gasteiger partial charge < -0.3 is 20.1 Å². The Morgan fingerprint density at radius 3 is 2.50 bits per heavy atom. The van der Waals surface area contributed by atoms with Gasteiger partial charge in [0.2, 0.25) is 0 Å². The zero-order valence-corrected chi connectivity index (χ0v) is 13.3. The van der Waals surface area contributed by atoms with E-state index in [1.54, 1.807) is 0 Å². The van der Waals surface area contributed by atoms with Gasteiger partial charge in [-0.2, -0.15) is 0 Å². The molecule has 10 heteroatoms. The van der Waals surface area contributed by atoms with Crippen LogP contribution in [0.3, 0.4) is 0 Å². The third-order valence-corrected chi connectivity index (χ3v) is 4.01. The molecule has 0 unspecified atom stereocenters. The highest BCUT2D eigenvalue weighted by atomic mass is 16.5. The van der Waals surface area contributed by atoms with Crippen molar-refractivity contribution in [1.82, 2.24) is 15.5 Å². The summed E-state index contributed by atoms with van der Waals surface area (Å²) in [6, 6.07) is -0.631. The smallest absolute Gasteiger partial charge is 0.326 e. The first-order valence-electron chi connectivity index (χ1n) is 7.51. The molecule has 4 amide bonds. The first-order valence-corrected chi connectivity index (χ1v) is 7.51. The number of rotatable bonds is 6. The van der Waals surface area contributed by atoms with E-state index < -0.39 is 48.5 Å². The Kier molecular flexibility index (Phi) is 5.37. The molecule has 0 aromatic carbocycles. The van der Waals surface area contributed by atoms with Gasteiger partial charge in [-0.05, 0) is 12.8 Å². The summed E-state index contributed by atoms with van der Waals surface area (Å²) >= 11 is 0. The summed E-state index contributed by atoms with van der Waals surface area (Å²) in [5.41, 5.74) is -0.894. The fourth-order valence-corrected chi connectivity index (χ4v) is 2.75. The van der Waals surface area contributed by atoms with E-state index in [9.17, 15) is 24.0 Å². The molecule has 2 rings (SSSR count). The maximum absolute atomic E-state index is 12.3. The normalized spacial score (nSPS) is 18.5. The van der Waals surface area contributed by atoms with E-state index >= 15 is 0 Å². The molecule has 10 nitrogen and oxygen atoms in total. The maximum Gasteiger partial charge on any atom is 0.326 e. The predicted molar refractivity (Wildman–Crippen MR) is 77.4 cm³/mol. The van der Waals surface area contributed by atoms with Crippen LogP contribution < -0.4 is 10.6 Å². The highest BCUT2D eigenvalue weighted by Gasteiger charge is 2.52. The molecule has 132 valence electrons. The lowest BCUT2D eigenvalue weighted by Crippen LogP contribution is -2.44. The summed E-state index contributed by atoms with van der Waals surface area (Å²) in [6.07, 6.45) is 2.79. The molecule has 1 spiro atoms. The summed E-state index contributed by atoms with van der Waals surface area (Å²) in [5, 5.41) is 4.83. The molecule has 24 heavy (non-hydrogen) atoms. The highest BCUT2D eigenvalue weighted by Crippen LogP contribution is 2.34. The lowest BCUT2D eigenvalue weighted by atomic mass is 9.98. The number of amides is 4. The molecule has 1 aliphatic heterocycles. The lowest BCUT2D eigenvalue weighted by molar-refractivity contribution is -0.151. The van der Waals surface area contributed by atoms with Crippen molar-refractivity contribution in [3.8, 4) is 0 Å². The SMILES string of the molecule is COC(=O)CNC(=O)COC(=O)CN1C(=O)NC2(CCCC2)C1=O. The summed E-state index contributed by atoms with van der Waals surface area (Å²) < 4.78 is 9.04. The summed E-state index contributed by atoms with van der Waals surface area (Å²) in [5.74, 6) is -2.66. The van der Waals surface area contributed by atoms with Crippen molar-refractivity contribution >= 4 is 29.8 Å². The minimum atomic E-state index is -0.894. The predicted octanol–water partition coefficient (Wildman–Crippen LogP) is -1.32. The Bertz CT molecular complexity index is 569. The van der Waals surface area contributed by atoms with Crippen LogP contribution in [0.15, 0.2) is 0 Å². The Morgan fingerprint density at radius 2 is 1.88 bits per heavy atom. The number of hydrogen-bond donors (Lipinski definition) is 2. The van der Waals surface area contributed by atoms with Gasteiger partial charge in [0.05, 0.1) is 7.11 Å². The van der Waals surface area contributed by atoms with Crippen molar-refractivity contribution in [3.63, 3.8) is 0 Å². The molecular weight excluding hydrogens is 322 g/mol. The standard InChI is InChI=1S/C14H19N3O7/c1-23-10(19)6-15-9(18)8-24-11(20)7-17-12(21)14(16-13(17)22)4-2-3-5-14/h2-8H2,1H3,(H,15,18)(H,16,22). The largest absolute Gasteiger partial charge is 0.468 e. The molecule has 1 saturated carbocycles. The molecule has 2 aliphatic rings. The molecule has 0 aromatic rings. The molecule has 2 fully saturated rings. The third-order valence-electron chi connectivity index (χ3n) is 4.01. The Labute approximate surface area is 137 Å². The molecule has 0 aromatic heterocycles. The van der Waals surface area contributed by atoms with Crippen molar-refractivity contribution in [2.75, 3.05) is 26.8 Å². The van der Waals surface area contributed by atoms with Crippen molar-refractivity contribution in [2.24, 2.45) is 0 Å². The van der Waals surface area contributed by atoms with E-state index in [-0.39, 0.29) is 6.54 Å². The number of esters is 2. The number of hydrogen-bond acceptors (Lipinski definition) is 7. The monoisotopic (exact) mass is 341 g/mol. The van der Waals surface area contributed by atoms with Gasteiger partial charge in [0.1, 0.15) is 18.6 Å². The number of nitrogens with one attached hydrogen (secondary N) is 2. The second-order valence-corrected chi connectivity index (χ2v) is 5.62. The van der Waals surface area contributed by atoms with Crippen LogP contribution in [0.1, 0.15) is 25.7 Å². The molecule has 0 bridgehead atoms. The summed E-state index contributed by atoms with van der Waals surface area (Å²) in [4.78, 5) is 59.0. The molecular formula is C14H19N3O7. The minimum absolute atomic E-state index is 0.345. The Hall–Kier alpha value is -2.65. The molecule has 2 N–H and O–H groups in total. The molecule has 1 heterocycles. The van der Waals surface area contributed by atoms with Gasteiger partial charge in [0, 0.05) is 0 Å². The van der Waals surface area contributed by atoms with E-state index in [2.05, 4.69) is 15.4 Å². The van der Waals surface area contributed by atoms with E-state index in [1.807, 2.05) is 0 Å². The van der Waals surface area contributed by atoms with Crippen LogP contribution >= 0.6 is 0 Å². The van der Waals surface area contributed by atoms with Gasteiger partial charge in [0.25, 0.3) is 11.8 Å². The van der Waals surface area contributed by atoms with Crippen LogP contribution in [-0.4, -0.2) is 67.0 Å². The van der Waals surface area contributed by atoms with Crippen LogP contribution in [0.4, 0.5) is 4.79 Å². The van der Waals surface area contributed by atoms with Crippen molar-refractivity contribution in [1.29, 1.82) is 0 Å². The van der Waals surface area contributed by atoms with E-state index in [0.717, 1.165) is 17.7 Å². The number of ether oxygens (including phenoxy) is 2. The number of urea groups is 1. The zero-order valence-electron chi connectivity index (χ0n) is 13.3. The Morgan fingerprint density at radius 1 is 1.21 bits per heavy atom. The fraction of sp³-hybridized carbons (Fsp3) is 0.643. The molecule has 1 aliphatic carbocycles. The van der Waals surface area contributed by atoms with Crippen LogP contribution in [0.25, 0.3) is 0 Å². The molecule has 1 saturated heterocycles. The van der Waals surface area contributed by atoms with Gasteiger partial charge in [-0.25, -0.2) is 4.79 Å². The van der Waals surface area contributed by atoms with Gasteiger partial charge >= 0.3 is 18.0 Å².